The first-order valence-corrected chi connectivity index (χ1v) is 8.60. The van der Waals surface area contributed by atoms with Crippen LogP contribution in [-0.4, -0.2) is 8.76 Å². The van der Waals surface area contributed by atoms with Gasteiger partial charge in [0.15, 0.2) is 0 Å². The fourth-order valence-electron chi connectivity index (χ4n) is 3.77. The van der Waals surface area contributed by atoms with E-state index in [1.165, 1.54) is 5.39 Å². The summed E-state index contributed by atoms with van der Waals surface area (Å²) in [5, 5.41) is 8.49. The van der Waals surface area contributed by atoms with E-state index in [2.05, 4.69) is 30.3 Å². The van der Waals surface area contributed by atoms with Crippen molar-refractivity contribution >= 4 is 54.5 Å². The van der Waals surface area contributed by atoms with Crippen molar-refractivity contribution in [1.82, 2.24) is 0 Å². The van der Waals surface area contributed by atoms with Crippen LogP contribution >= 0.6 is 0 Å². The molecule has 1 atom stereocenters. The monoisotopic (exact) mass is 331 g/mol. The molecule has 3 nitrogen and oxygen atoms in total. The van der Waals surface area contributed by atoms with Crippen LogP contribution in [0.2, 0.25) is 0 Å². The summed E-state index contributed by atoms with van der Waals surface area (Å²) in [5.41, 5.74) is 0. The molecule has 0 aromatic heterocycles. The lowest BCUT2D eigenvalue weighted by Gasteiger charge is -2.17. The minimum Gasteiger partial charge on any atom is -0.740 e. The third-order valence-electron chi connectivity index (χ3n) is 4.63. The molecule has 5 aromatic rings. The number of rotatable bonds is 2. The second-order valence-corrected chi connectivity index (χ2v) is 6.41. The predicted octanol–water partition coefficient (Wildman–Crippen LogP) is 4.91. The van der Waals surface area contributed by atoms with Gasteiger partial charge in [-0.1, -0.05) is 60.7 Å². The minimum atomic E-state index is -2.61. The summed E-state index contributed by atoms with van der Waals surface area (Å²) >= 11 is -2.61. The molecule has 0 saturated heterocycles. The van der Waals surface area contributed by atoms with E-state index in [9.17, 15) is 8.76 Å². The highest BCUT2D eigenvalue weighted by Gasteiger charge is 2.16. The summed E-state index contributed by atoms with van der Waals surface area (Å²) < 4.78 is 27.4. The van der Waals surface area contributed by atoms with Gasteiger partial charge in [0.05, 0.1) is 0 Å². The van der Waals surface area contributed by atoms with Crippen LogP contribution in [0.5, 0.6) is 5.75 Å². The zero-order valence-electron chi connectivity index (χ0n) is 12.5. The van der Waals surface area contributed by atoms with Gasteiger partial charge in [0.25, 0.3) is 0 Å². The fourth-order valence-corrected chi connectivity index (χ4v) is 4.05. The maximum Gasteiger partial charge on any atom is 0.147 e. The number of fused-ring (bicyclic) bond motifs is 2. The standard InChI is InChI=1S/C20H12O3S/c21-24(22)23-17-11-10-13-6-2-8-15-14-7-1-4-12-5-3-9-16(18(12)14)20(17)19(13)15/h1-11H,(H,21,22)/p-1. The molecule has 0 saturated carbocycles. The number of hydrogen-bond acceptors (Lipinski definition) is 3. The van der Waals surface area contributed by atoms with Gasteiger partial charge in [0, 0.05) is 10.8 Å². The van der Waals surface area contributed by atoms with Gasteiger partial charge in [-0.3, -0.25) is 0 Å². The van der Waals surface area contributed by atoms with Crippen molar-refractivity contribution in [1.29, 1.82) is 0 Å². The SMILES string of the molecule is O=S([O-])Oc1ccc2cccc3c4cccc5cccc(c1c23)c54. The van der Waals surface area contributed by atoms with Gasteiger partial charge < -0.3 is 8.74 Å². The van der Waals surface area contributed by atoms with Crippen LogP contribution in [0.15, 0.2) is 66.7 Å². The molecule has 0 aliphatic heterocycles. The largest absolute Gasteiger partial charge is 0.740 e. The molecule has 0 radical (unpaired) electrons. The van der Waals surface area contributed by atoms with Gasteiger partial charge in [-0.15, -0.1) is 0 Å². The Balaban J connectivity index is 2.16. The Morgan fingerprint density at radius 2 is 1.25 bits per heavy atom. The van der Waals surface area contributed by atoms with Crippen LogP contribution in [0.25, 0.3) is 43.1 Å². The molecule has 5 rings (SSSR count). The Morgan fingerprint density at radius 3 is 1.92 bits per heavy atom. The highest BCUT2D eigenvalue weighted by atomic mass is 32.2. The molecule has 0 aliphatic rings. The van der Waals surface area contributed by atoms with Crippen LogP contribution in [0, 0.1) is 0 Å². The van der Waals surface area contributed by atoms with Crippen molar-refractivity contribution in [3.8, 4) is 5.75 Å². The fraction of sp³-hybridized carbons (Fsp3) is 0. The third-order valence-corrected chi connectivity index (χ3v) is 4.95. The van der Waals surface area contributed by atoms with Gasteiger partial charge in [0.1, 0.15) is 17.1 Å². The molecule has 0 fully saturated rings. The molecule has 0 N–H and O–H groups in total. The van der Waals surface area contributed by atoms with E-state index < -0.39 is 11.4 Å². The van der Waals surface area contributed by atoms with E-state index in [0.29, 0.717) is 5.75 Å². The molecule has 0 spiro atoms. The lowest BCUT2D eigenvalue weighted by molar-refractivity contribution is 0.442. The Hall–Kier alpha value is -2.69. The maximum atomic E-state index is 11.1. The molecule has 1 unspecified atom stereocenters. The van der Waals surface area contributed by atoms with Crippen molar-refractivity contribution in [2.24, 2.45) is 0 Å². The summed E-state index contributed by atoms with van der Waals surface area (Å²) in [6.45, 7) is 0. The quantitative estimate of drug-likeness (QED) is 0.262. The lowest BCUT2D eigenvalue weighted by atomic mass is 9.89. The van der Waals surface area contributed by atoms with Crippen LogP contribution in [-0.2, 0) is 11.4 Å². The Bertz CT molecular complexity index is 1250. The molecule has 116 valence electrons. The Kier molecular flexibility index (Phi) is 2.80. The second kappa shape index (κ2) is 4.90. The van der Waals surface area contributed by atoms with Crippen molar-refractivity contribution in [3.05, 3.63) is 66.7 Å². The topological polar surface area (TPSA) is 49.4 Å². The van der Waals surface area contributed by atoms with Gasteiger partial charge in [-0.05, 0) is 38.4 Å². The summed E-state index contributed by atoms with van der Waals surface area (Å²) in [5.74, 6) is 0.366. The van der Waals surface area contributed by atoms with E-state index in [-0.39, 0.29) is 0 Å². The summed E-state index contributed by atoms with van der Waals surface area (Å²) in [6.07, 6.45) is 0. The molecule has 5 aromatic carbocycles. The molecular formula is C20H11O3S-. The summed E-state index contributed by atoms with van der Waals surface area (Å²) in [7, 11) is 0. The van der Waals surface area contributed by atoms with E-state index in [4.69, 9.17) is 4.18 Å². The van der Waals surface area contributed by atoms with Crippen molar-refractivity contribution in [2.45, 2.75) is 0 Å². The zero-order chi connectivity index (χ0) is 16.3. The zero-order valence-corrected chi connectivity index (χ0v) is 13.3. The molecule has 0 bridgehead atoms. The normalized spacial score (nSPS) is 13.2. The van der Waals surface area contributed by atoms with Crippen molar-refractivity contribution in [2.75, 3.05) is 0 Å². The predicted molar refractivity (Wildman–Crippen MR) is 97.2 cm³/mol. The van der Waals surface area contributed by atoms with Crippen molar-refractivity contribution < 1.29 is 12.9 Å². The molecule has 0 amide bonds. The van der Waals surface area contributed by atoms with Gasteiger partial charge in [0.2, 0.25) is 0 Å². The minimum absolute atomic E-state index is 0.366. The average Bonchev–Trinajstić information content (AvgIpc) is 2.59. The van der Waals surface area contributed by atoms with Gasteiger partial charge in [-0.2, -0.15) is 0 Å². The molecule has 24 heavy (non-hydrogen) atoms. The molecule has 0 aliphatic carbocycles. The van der Waals surface area contributed by atoms with E-state index in [1.807, 2.05) is 30.3 Å². The smallest absolute Gasteiger partial charge is 0.147 e. The van der Waals surface area contributed by atoms with Crippen molar-refractivity contribution in [3.63, 3.8) is 0 Å². The van der Waals surface area contributed by atoms with E-state index in [0.717, 1.165) is 37.7 Å². The molecule has 4 heteroatoms. The highest BCUT2D eigenvalue weighted by Crippen LogP contribution is 2.43. The maximum absolute atomic E-state index is 11.1. The Morgan fingerprint density at radius 1 is 0.667 bits per heavy atom. The first-order chi connectivity index (χ1) is 11.7. The first-order valence-electron chi connectivity index (χ1n) is 7.60. The lowest BCUT2D eigenvalue weighted by Crippen LogP contribution is -1.99. The van der Waals surface area contributed by atoms with Crippen LogP contribution in [0.3, 0.4) is 0 Å². The van der Waals surface area contributed by atoms with Gasteiger partial charge in [-0.25, -0.2) is 4.21 Å². The summed E-state index contributed by atoms with van der Waals surface area (Å²) in [4.78, 5) is 0. The Labute approximate surface area is 140 Å². The van der Waals surface area contributed by atoms with Crippen LogP contribution in [0.4, 0.5) is 0 Å². The van der Waals surface area contributed by atoms with E-state index in [1.54, 1.807) is 6.07 Å². The highest BCUT2D eigenvalue weighted by molar-refractivity contribution is 7.74. The number of benzene rings is 5. The second-order valence-electron chi connectivity index (χ2n) is 5.84. The number of hydrogen-bond donors (Lipinski definition) is 0. The van der Waals surface area contributed by atoms with Crippen LogP contribution < -0.4 is 4.18 Å². The molecule has 0 heterocycles. The summed E-state index contributed by atoms with van der Waals surface area (Å²) in [6, 6.07) is 22.1. The van der Waals surface area contributed by atoms with Crippen LogP contribution in [0.1, 0.15) is 0 Å². The van der Waals surface area contributed by atoms with E-state index >= 15 is 0 Å². The third kappa shape index (κ3) is 1.78. The molecular weight excluding hydrogens is 320 g/mol. The first kappa shape index (κ1) is 13.7. The van der Waals surface area contributed by atoms with Gasteiger partial charge >= 0.3 is 0 Å². The average molecular weight is 331 g/mol.